The average Bonchev–Trinajstić information content (AvgIpc) is 3.09. The molecule has 0 unspecified atom stereocenters. The molecule has 0 atom stereocenters. The number of nitrogens with one attached hydrogen (secondary N) is 1. The molecule has 3 rings (SSSR count). The highest BCUT2D eigenvalue weighted by molar-refractivity contribution is 8.01. The van der Waals surface area contributed by atoms with Crippen molar-refractivity contribution in [2.24, 2.45) is 0 Å². The Labute approximate surface area is 154 Å². The van der Waals surface area contributed by atoms with Crippen LogP contribution in [0, 0.1) is 6.92 Å². The molecule has 1 heterocycles. The third-order valence-corrected chi connectivity index (χ3v) is 5.20. The summed E-state index contributed by atoms with van der Waals surface area (Å²) >= 11 is 2.69. The van der Waals surface area contributed by atoms with Gasteiger partial charge in [-0.3, -0.25) is 4.79 Å². The number of anilines is 1. The van der Waals surface area contributed by atoms with Crippen LogP contribution in [0.3, 0.4) is 0 Å². The van der Waals surface area contributed by atoms with E-state index >= 15 is 0 Å². The number of hydrogen-bond donors (Lipinski definition) is 1. The minimum atomic E-state index is -0.0921. The third kappa shape index (κ3) is 4.80. The maximum atomic E-state index is 12.1. The molecule has 25 heavy (non-hydrogen) atoms. The van der Waals surface area contributed by atoms with Crippen molar-refractivity contribution in [1.29, 1.82) is 0 Å². The van der Waals surface area contributed by atoms with Gasteiger partial charge in [-0.15, -0.1) is 0 Å². The first kappa shape index (κ1) is 17.4. The van der Waals surface area contributed by atoms with Gasteiger partial charge in [-0.1, -0.05) is 41.6 Å². The van der Waals surface area contributed by atoms with Gasteiger partial charge in [0.1, 0.15) is 5.75 Å². The molecular weight excluding hydrogens is 354 g/mol. The monoisotopic (exact) mass is 371 g/mol. The van der Waals surface area contributed by atoms with Crippen LogP contribution in [0.1, 0.15) is 5.56 Å². The molecule has 1 amide bonds. The molecule has 0 spiro atoms. The van der Waals surface area contributed by atoms with Crippen molar-refractivity contribution in [3.8, 4) is 17.1 Å². The number of methoxy groups -OCH3 is 1. The first-order chi connectivity index (χ1) is 12.1. The van der Waals surface area contributed by atoms with E-state index in [2.05, 4.69) is 14.7 Å². The molecule has 2 aromatic carbocycles. The lowest BCUT2D eigenvalue weighted by Crippen LogP contribution is -2.13. The van der Waals surface area contributed by atoms with Crippen LogP contribution in [0.15, 0.2) is 52.9 Å². The molecule has 0 fully saturated rings. The van der Waals surface area contributed by atoms with Crippen LogP contribution in [0.2, 0.25) is 0 Å². The largest absolute Gasteiger partial charge is 0.497 e. The summed E-state index contributed by atoms with van der Waals surface area (Å²) in [6.07, 6.45) is 0. The molecule has 1 aromatic heterocycles. The highest BCUT2D eigenvalue weighted by Gasteiger charge is 2.10. The second-order valence-electron chi connectivity index (χ2n) is 5.32. The number of thioether (sulfide) groups is 1. The maximum absolute atomic E-state index is 12.1. The van der Waals surface area contributed by atoms with Gasteiger partial charge in [0.15, 0.2) is 10.2 Å². The number of carbonyl (C=O) groups excluding carboxylic acids is 1. The van der Waals surface area contributed by atoms with E-state index < -0.39 is 0 Å². The molecule has 1 N–H and O–H groups in total. The molecule has 0 saturated heterocycles. The number of ether oxygens (including phenoxy) is 1. The minimum Gasteiger partial charge on any atom is -0.497 e. The van der Waals surface area contributed by atoms with Gasteiger partial charge in [-0.2, -0.15) is 4.37 Å². The van der Waals surface area contributed by atoms with E-state index in [1.54, 1.807) is 13.2 Å². The zero-order chi connectivity index (χ0) is 17.6. The van der Waals surface area contributed by atoms with Crippen molar-refractivity contribution >= 4 is 34.9 Å². The zero-order valence-electron chi connectivity index (χ0n) is 13.9. The van der Waals surface area contributed by atoms with Crippen LogP contribution in [0.4, 0.5) is 5.69 Å². The van der Waals surface area contributed by atoms with Gasteiger partial charge in [0, 0.05) is 17.3 Å². The smallest absolute Gasteiger partial charge is 0.234 e. The summed E-state index contributed by atoms with van der Waals surface area (Å²) in [4.78, 5) is 16.6. The van der Waals surface area contributed by atoms with Crippen molar-refractivity contribution in [3.63, 3.8) is 0 Å². The van der Waals surface area contributed by atoms with E-state index in [0.29, 0.717) is 17.3 Å². The predicted molar refractivity (Wildman–Crippen MR) is 102 cm³/mol. The number of benzene rings is 2. The lowest BCUT2D eigenvalue weighted by atomic mass is 10.1. The second kappa shape index (κ2) is 8.13. The fourth-order valence-electron chi connectivity index (χ4n) is 2.19. The normalized spacial score (nSPS) is 10.5. The summed E-state index contributed by atoms with van der Waals surface area (Å²) in [6.45, 7) is 2.04. The summed E-state index contributed by atoms with van der Waals surface area (Å²) < 4.78 is 10.3. The molecule has 7 heteroatoms. The first-order valence-corrected chi connectivity index (χ1v) is 9.37. The molecule has 128 valence electrons. The summed E-state index contributed by atoms with van der Waals surface area (Å²) in [5.74, 6) is 1.59. The van der Waals surface area contributed by atoms with Gasteiger partial charge in [0.25, 0.3) is 0 Å². The van der Waals surface area contributed by atoms with Crippen LogP contribution < -0.4 is 10.1 Å². The third-order valence-electron chi connectivity index (χ3n) is 3.36. The Hall–Kier alpha value is -2.38. The molecule has 0 aliphatic heterocycles. The minimum absolute atomic E-state index is 0.0921. The summed E-state index contributed by atoms with van der Waals surface area (Å²) in [6, 6.07) is 15.3. The Balaban J connectivity index is 1.57. The van der Waals surface area contributed by atoms with Gasteiger partial charge in [0.2, 0.25) is 5.91 Å². The Bertz CT molecular complexity index is 880. The molecule has 0 aliphatic carbocycles. The average molecular weight is 371 g/mol. The number of nitrogens with zero attached hydrogens (tertiary/aromatic N) is 2. The summed E-state index contributed by atoms with van der Waals surface area (Å²) in [5, 5.41) is 2.85. The number of aromatic nitrogens is 2. The molecule has 0 radical (unpaired) electrons. The second-order valence-corrected chi connectivity index (χ2v) is 7.30. The fourth-order valence-corrected chi connectivity index (χ4v) is 3.61. The van der Waals surface area contributed by atoms with E-state index in [-0.39, 0.29) is 11.7 Å². The quantitative estimate of drug-likeness (QED) is 0.656. The number of hydrogen-bond acceptors (Lipinski definition) is 6. The Morgan fingerprint density at radius 1 is 1.24 bits per heavy atom. The number of aryl methyl sites for hydroxylation is 1. The highest BCUT2D eigenvalue weighted by Crippen LogP contribution is 2.26. The van der Waals surface area contributed by atoms with Gasteiger partial charge in [-0.05, 0) is 36.7 Å². The fraction of sp³-hybridized carbons (Fsp3) is 0.167. The summed E-state index contributed by atoms with van der Waals surface area (Å²) in [5.41, 5.74) is 2.87. The van der Waals surface area contributed by atoms with E-state index in [4.69, 9.17) is 4.74 Å². The Morgan fingerprint density at radius 2 is 2.08 bits per heavy atom. The van der Waals surface area contributed by atoms with Crippen LogP contribution >= 0.6 is 23.3 Å². The van der Waals surface area contributed by atoms with E-state index in [1.807, 2.05) is 49.4 Å². The maximum Gasteiger partial charge on any atom is 0.234 e. The summed E-state index contributed by atoms with van der Waals surface area (Å²) in [7, 11) is 1.60. The highest BCUT2D eigenvalue weighted by atomic mass is 32.2. The lowest BCUT2D eigenvalue weighted by molar-refractivity contribution is -0.113. The first-order valence-electron chi connectivity index (χ1n) is 7.61. The molecule has 5 nitrogen and oxygen atoms in total. The Kier molecular flexibility index (Phi) is 5.67. The number of rotatable bonds is 6. The van der Waals surface area contributed by atoms with Gasteiger partial charge >= 0.3 is 0 Å². The SMILES string of the molecule is COc1cccc(NC(=O)CSc2nc(-c3cccc(C)c3)ns2)c1. The number of carbonyl (C=O) groups is 1. The predicted octanol–water partition coefficient (Wildman–Crippen LogP) is 4.25. The van der Waals surface area contributed by atoms with Crippen LogP contribution in [0.25, 0.3) is 11.4 Å². The van der Waals surface area contributed by atoms with Gasteiger partial charge < -0.3 is 10.1 Å². The molecule has 0 saturated carbocycles. The lowest BCUT2D eigenvalue weighted by Gasteiger charge is -2.06. The molecule has 0 aliphatic rings. The van der Waals surface area contributed by atoms with Crippen molar-refractivity contribution in [2.45, 2.75) is 11.3 Å². The molecular formula is C18H17N3O2S2. The topological polar surface area (TPSA) is 64.1 Å². The van der Waals surface area contributed by atoms with E-state index in [1.165, 1.54) is 28.9 Å². The van der Waals surface area contributed by atoms with Crippen molar-refractivity contribution < 1.29 is 9.53 Å². The Morgan fingerprint density at radius 3 is 2.88 bits per heavy atom. The van der Waals surface area contributed by atoms with E-state index in [9.17, 15) is 4.79 Å². The standard InChI is InChI=1S/C18H17N3O2S2/c1-12-5-3-6-13(9-12)17-20-18(25-21-17)24-11-16(22)19-14-7-4-8-15(10-14)23-2/h3-10H,11H2,1-2H3,(H,19,22). The molecule has 3 aromatic rings. The molecule has 0 bridgehead atoms. The van der Waals surface area contributed by atoms with Crippen LogP contribution in [-0.4, -0.2) is 28.1 Å². The van der Waals surface area contributed by atoms with Gasteiger partial charge in [0.05, 0.1) is 12.9 Å². The van der Waals surface area contributed by atoms with Gasteiger partial charge in [-0.25, -0.2) is 4.98 Å². The van der Waals surface area contributed by atoms with Crippen molar-refractivity contribution in [1.82, 2.24) is 9.36 Å². The van der Waals surface area contributed by atoms with Crippen molar-refractivity contribution in [2.75, 3.05) is 18.2 Å². The van der Waals surface area contributed by atoms with Crippen molar-refractivity contribution in [3.05, 3.63) is 54.1 Å². The van der Waals surface area contributed by atoms with Crippen LogP contribution in [-0.2, 0) is 4.79 Å². The zero-order valence-corrected chi connectivity index (χ0v) is 15.5. The van der Waals surface area contributed by atoms with Crippen LogP contribution in [0.5, 0.6) is 5.75 Å². The van der Waals surface area contributed by atoms with E-state index in [0.717, 1.165) is 9.90 Å². The number of amides is 1.